The SMILES string of the molecule is CCC(O)CN.O=C(O)C(O)Cc1ccccc1. The molecule has 5 heteroatoms. The highest BCUT2D eigenvalue weighted by Gasteiger charge is 2.12. The van der Waals surface area contributed by atoms with Crippen LogP contribution in [0.2, 0.25) is 0 Å². The topological polar surface area (TPSA) is 104 Å². The van der Waals surface area contributed by atoms with Gasteiger partial charge in [-0.1, -0.05) is 37.3 Å². The van der Waals surface area contributed by atoms with Crippen molar-refractivity contribution in [2.75, 3.05) is 6.54 Å². The Kier molecular flexibility index (Phi) is 8.82. The van der Waals surface area contributed by atoms with Gasteiger partial charge in [-0.15, -0.1) is 0 Å². The van der Waals surface area contributed by atoms with Crippen molar-refractivity contribution in [1.29, 1.82) is 0 Å². The second kappa shape index (κ2) is 9.58. The summed E-state index contributed by atoms with van der Waals surface area (Å²) in [6.07, 6.45) is -0.662. The molecule has 2 unspecified atom stereocenters. The molecule has 0 aliphatic carbocycles. The average Bonchev–Trinajstić information content (AvgIpc) is 2.39. The van der Waals surface area contributed by atoms with E-state index in [1.165, 1.54) is 0 Å². The summed E-state index contributed by atoms with van der Waals surface area (Å²) < 4.78 is 0. The molecule has 0 saturated carbocycles. The van der Waals surface area contributed by atoms with E-state index in [1.807, 2.05) is 25.1 Å². The van der Waals surface area contributed by atoms with Gasteiger partial charge in [-0.05, 0) is 12.0 Å². The zero-order valence-corrected chi connectivity index (χ0v) is 10.5. The van der Waals surface area contributed by atoms with Crippen LogP contribution >= 0.6 is 0 Å². The van der Waals surface area contributed by atoms with Crippen LogP contribution in [0.4, 0.5) is 0 Å². The molecule has 0 heterocycles. The van der Waals surface area contributed by atoms with Crippen LogP contribution in [-0.2, 0) is 11.2 Å². The maximum atomic E-state index is 10.3. The molecule has 0 bridgehead atoms. The normalized spacial score (nSPS) is 13.1. The molecule has 0 aromatic heterocycles. The molecule has 0 aliphatic heterocycles. The third kappa shape index (κ3) is 7.78. The molecule has 5 nitrogen and oxygen atoms in total. The molecule has 1 aromatic carbocycles. The molecule has 1 aromatic rings. The van der Waals surface area contributed by atoms with Crippen molar-refractivity contribution in [1.82, 2.24) is 0 Å². The van der Waals surface area contributed by atoms with Crippen LogP contribution in [0.1, 0.15) is 18.9 Å². The summed E-state index contributed by atoms with van der Waals surface area (Å²) in [5.41, 5.74) is 5.86. The number of hydrogen-bond donors (Lipinski definition) is 4. The van der Waals surface area contributed by atoms with Crippen LogP contribution in [0.5, 0.6) is 0 Å². The Morgan fingerprint density at radius 2 is 1.83 bits per heavy atom. The van der Waals surface area contributed by atoms with E-state index in [0.717, 1.165) is 12.0 Å². The Morgan fingerprint density at radius 1 is 1.28 bits per heavy atom. The first kappa shape index (κ1) is 16.6. The molecule has 0 radical (unpaired) electrons. The van der Waals surface area contributed by atoms with Gasteiger partial charge < -0.3 is 21.1 Å². The van der Waals surface area contributed by atoms with Crippen molar-refractivity contribution < 1.29 is 20.1 Å². The Hall–Kier alpha value is -1.43. The lowest BCUT2D eigenvalue weighted by molar-refractivity contribution is -0.146. The zero-order chi connectivity index (χ0) is 14.0. The van der Waals surface area contributed by atoms with Gasteiger partial charge in [-0.25, -0.2) is 4.79 Å². The van der Waals surface area contributed by atoms with Gasteiger partial charge >= 0.3 is 5.97 Å². The van der Waals surface area contributed by atoms with Crippen LogP contribution in [0.15, 0.2) is 30.3 Å². The molecule has 102 valence electrons. The van der Waals surface area contributed by atoms with E-state index in [2.05, 4.69) is 0 Å². The largest absolute Gasteiger partial charge is 0.479 e. The second-order valence-corrected chi connectivity index (χ2v) is 3.84. The minimum atomic E-state index is -1.30. The van der Waals surface area contributed by atoms with Gasteiger partial charge in [0.25, 0.3) is 0 Å². The first-order valence-corrected chi connectivity index (χ1v) is 5.84. The minimum absolute atomic E-state index is 0.163. The molecule has 0 spiro atoms. The number of nitrogens with two attached hydrogens (primary N) is 1. The van der Waals surface area contributed by atoms with Gasteiger partial charge in [0, 0.05) is 13.0 Å². The molecule has 0 saturated heterocycles. The highest BCUT2D eigenvalue weighted by molar-refractivity contribution is 5.72. The Balaban J connectivity index is 0.000000411. The van der Waals surface area contributed by atoms with Gasteiger partial charge in [0.15, 0.2) is 6.10 Å². The molecule has 0 aliphatic rings. The fourth-order valence-electron chi connectivity index (χ4n) is 1.09. The quantitative estimate of drug-likeness (QED) is 0.609. The predicted octanol–water partition coefficient (Wildman–Crippen LogP) is 0.391. The van der Waals surface area contributed by atoms with Crippen LogP contribution in [-0.4, -0.2) is 40.0 Å². The number of hydrogen-bond acceptors (Lipinski definition) is 4. The van der Waals surface area contributed by atoms with Crippen LogP contribution in [0.25, 0.3) is 0 Å². The summed E-state index contributed by atoms with van der Waals surface area (Å²) in [7, 11) is 0. The molecule has 0 fully saturated rings. The summed E-state index contributed by atoms with van der Waals surface area (Å²) in [6.45, 7) is 2.29. The highest BCUT2D eigenvalue weighted by atomic mass is 16.4. The predicted molar refractivity (Wildman–Crippen MR) is 69.1 cm³/mol. The smallest absolute Gasteiger partial charge is 0.332 e. The average molecular weight is 255 g/mol. The molecule has 0 amide bonds. The fourth-order valence-corrected chi connectivity index (χ4v) is 1.09. The third-order valence-electron chi connectivity index (χ3n) is 2.30. The number of aliphatic carboxylic acids is 1. The van der Waals surface area contributed by atoms with Crippen molar-refractivity contribution in [3.63, 3.8) is 0 Å². The van der Waals surface area contributed by atoms with Gasteiger partial charge in [-0.3, -0.25) is 0 Å². The van der Waals surface area contributed by atoms with E-state index in [1.54, 1.807) is 12.1 Å². The summed E-state index contributed by atoms with van der Waals surface area (Å²) in [5.74, 6) is -1.18. The molecule has 1 rings (SSSR count). The summed E-state index contributed by atoms with van der Waals surface area (Å²) in [4.78, 5) is 10.3. The first-order chi connectivity index (χ1) is 8.51. The lowest BCUT2D eigenvalue weighted by Crippen LogP contribution is -2.21. The standard InChI is InChI=1S/C9H10O3.C4H11NO/c10-8(9(11)12)6-7-4-2-1-3-5-7;1-2-4(6)3-5/h1-5,8,10H,6H2,(H,11,12);4,6H,2-3,5H2,1H3. The molecule has 2 atom stereocenters. The Bertz CT molecular complexity index is 325. The third-order valence-corrected chi connectivity index (χ3v) is 2.30. The number of carboxylic acid groups (broad SMARTS) is 1. The number of rotatable bonds is 5. The first-order valence-electron chi connectivity index (χ1n) is 5.84. The van der Waals surface area contributed by atoms with E-state index in [0.29, 0.717) is 6.54 Å². The molecule has 18 heavy (non-hydrogen) atoms. The van der Waals surface area contributed by atoms with Gasteiger partial charge in [0.2, 0.25) is 0 Å². The van der Waals surface area contributed by atoms with E-state index >= 15 is 0 Å². The number of aliphatic hydroxyl groups excluding tert-OH is 2. The van der Waals surface area contributed by atoms with Crippen molar-refractivity contribution in [3.05, 3.63) is 35.9 Å². The van der Waals surface area contributed by atoms with Crippen molar-refractivity contribution in [3.8, 4) is 0 Å². The van der Waals surface area contributed by atoms with Crippen LogP contribution in [0.3, 0.4) is 0 Å². The van der Waals surface area contributed by atoms with Gasteiger partial charge in [0.1, 0.15) is 0 Å². The van der Waals surface area contributed by atoms with E-state index in [4.69, 9.17) is 21.1 Å². The number of aliphatic hydroxyl groups is 2. The Morgan fingerprint density at radius 3 is 2.17 bits per heavy atom. The van der Waals surface area contributed by atoms with Crippen LogP contribution in [0, 0.1) is 0 Å². The van der Waals surface area contributed by atoms with Gasteiger partial charge in [-0.2, -0.15) is 0 Å². The number of carboxylic acids is 1. The lowest BCUT2D eigenvalue weighted by Gasteiger charge is -2.03. The number of carbonyl (C=O) groups is 1. The lowest BCUT2D eigenvalue weighted by atomic mass is 10.1. The van der Waals surface area contributed by atoms with Crippen molar-refractivity contribution >= 4 is 5.97 Å². The van der Waals surface area contributed by atoms with Crippen molar-refractivity contribution in [2.45, 2.75) is 32.0 Å². The Labute approximate surface area is 107 Å². The summed E-state index contributed by atoms with van der Waals surface area (Å²) >= 11 is 0. The monoisotopic (exact) mass is 255 g/mol. The molecule has 5 N–H and O–H groups in total. The zero-order valence-electron chi connectivity index (χ0n) is 10.5. The number of benzene rings is 1. The van der Waals surface area contributed by atoms with Crippen LogP contribution < -0.4 is 5.73 Å². The molecular weight excluding hydrogens is 234 g/mol. The maximum absolute atomic E-state index is 10.3. The van der Waals surface area contributed by atoms with Gasteiger partial charge in [0.05, 0.1) is 6.10 Å². The van der Waals surface area contributed by atoms with E-state index in [9.17, 15) is 4.79 Å². The fraction of sp³-hybridized carbons (Fsp3) is 0.462. The van der Waals surface area contributed by atoms with E-state index in [-0.39, 0.29) is 12.5 Å². The molecular formula is C13H21NO4. The second-order valence-electron chi connectivity index (χ2n) is 3.84. The minimum Gasteiger partial charge on any atom is -0.479 e. The maximum Gasteiger partial charge on any atom is 0.332 e. The summed E-state index contributed by atoms with van der Waals surface area (Å²) in [6, 6.07) is 9.03. The summed E-state index contributed by atoms with van der Waals surface area (Å²) in [5, 5.41) is 25.9. The van der Waals surface area contributed by atoms with E-state index < -0.39 is 12.1 Å². The highest BCUT2D eigenvalue weighted by Crippen LogP contribution is 2.02. The van der Waals surface area contributed by atoms with Crippen molar-refractivity contribution in [2.24, 2.45) is 5.73 Å².